The molecule has 0 spiro atoms. The van der Waals surface area contributed by atoms with Crippen LogP contribution in [0, 0.1) is 0 Å². The molecule has 0 atom stereocenters. The van der Waals surface area contributed by atoms with Gasteiger partial charge < -0.3 is 9.97 Å². The van der Waals surface area contributed by atoms with Crippen molar-refractivity contribution in [1.82, 2.24) is 9.97 Å². The number of H-pyrrole nitrogens is 2. The molecular weight excluding hydrogens is 499 g/mol. The van der Waals surface area contributed by atoms with Crippen LogP contribution in [0.2, 0.25) is 0 Å². The molecule has 2 N–H and O–H groups in total. The maximum Gasteiger partial charge on any atom is 0.261 e. The lowest BCUT2D eigenvalue weighted by atomic mass is 10.1. The molecule has 0 aliphatic rings. The Labute approximate surface area is 188 Å². The Bertz CT molecular complexity index is 1830. The predicted molar refractivity (Wildman–Crippen MR) is 124 cm³/mol. The minimum atomic E-state index is -4.02. The highest BCUT2D eigenvalue weighted by molar-refractivity contribution is 8.14. The first kappa shape index (κ1) is 21.0. The summed E-state index contributed by atoms with van der Waals surface area (Å²) in [5.41, 5.74) is 0.534. The first-order chi connectivity index (χ1) is 14.9. The number of aromatic nitrogens is 2. The van der Waals surface area contributed by atoms with Gasteiger partial charge in [0.1, 0.15) is 0 Å². The molecule has 0 bridgehead atoms. The molecular formula is C20H10Cl2N2O6S2. The van der Waals surface area contributed by atoms with E-state index >= 15 is 0 Å². The zero-order valence-electron chi connectivity index (χ0n) is 15.6. The first-order valence-corrected chi connectivity index (χ1v) is 13.5. The van der Waals surface area contributed by atoms with E-state index in [9.17, 15) is 26.4 Å². The van der Waals surface area contributed by atoms with E-state index in [1.54, 1.807) is 0 Å². The van der Waals surface area contributed by atoms with E-state index < -0.39 is 29.0 Å². The van der Waals surface area contributed by atoms with Crippen LogP contribution in [0.15, 0.2) is 67.9 Å². The van der Waals surface area contributed by atoms with Gasteiger partial charge in [-0.15, -0.1) is 0 Å². The summed E-state index contributed by atoms with van der Waals surface area (Å²) in [5.74, 6) is 0. The Morgan fingerprint density at radius 2 is 0.875 bits per heavy atom. The summed E-state index contributed by atoms with van der Waals surface area (Å²) in [5, 5.41) is 0.700. The topological polar surface area (TPSA) is 134 Å². The SMILES string of the molecule is O=c1c2cc(S(=O)(=O)Cl)ccc2[nH]c2cc3c(=O)c4cc(S(=O)(=O)Cl)ccc4[nH]c3cc12. The second kappa shape index (κ2) is 6.79. The quantitative estimate of drug-likeness (QED) is 0.276. The Morgan fingerprint density at radius 3 is 1.22 bits per heavy atom. The number of rotatable bonds is 2. The molecule has 32 heavy (non-hydrogen) atoms. The summed E-state index contributed by atoms with van der Waals surface area (Å²) in [7, 11) is 2.74. The van der Waals surface area contributed by atoms with Gasteiger partial charge in [0, 0.05) is 53.9 Å². The van der Waals surface area contributed by atoms with Gasteiger partial charge >= 0.3 is 0 Å². The van der Waals surface area contributed by atoms with E-state index in [1.807, 2.05) is 0 Å². The van der Waals surface area contributed by atoms with E-state index in [-0.39, 0.29) is 31.3 Å². The summed E-state index contributed by atoms with van der Waals surface area (Å²) in [4.78, 5) is 31.8. The van der Waals surface area contributed by atoms with Gasteiger partial charge in [0.15, 0.2) is 10.9 Å². The summed E-state index contributed by atoms with van der Waals surface area (Å²) < 4.78 is 46.6. The molecule has 5 aromatic rings. The fourth-order valence-electron chi connectivity index (χ4n) is 3.71. The van der Waals surface area contributed by atoms with Crippen molar-refractivity contribution in [2.45, 2.75) is 9.79 Å². The number of fused-ring (bicyclic) bond motifs is 4. The third kappa shape index (κ3) is 3.27. The standard InChI is InChI=1S/C20H10Cl2N2O6S2/c21-31(27,28)9-1-3-15-11(5-9)19(25)13-8-18-14(7-17(13)23-15)20(26)12-6-10(32(22,29)30)2-4-16(12)24-18/h1-8H,(H,23,25)(H,24,26). The number of hydrogen-bond donors (Lipinski definition) is 2. The number of nitrogens with one attached hydrogen (secondary N) is 2. The normalized spacial score (nSPS) is 12.8. The second-order valence-corrected chi connectivity index (χ2v) is 12.3. The zero-order chi connectivity index (χ0) is 23.0. The highest BCUT2D eigenvalue weighted by Crippen LogP contribution is 2.25. The Balaban J connectivity index is 1.89. The minimum Gasteiger partial charge on any atom is -0.354 e. The number of hydrogen-bond acceptors (Lipinski definition) is 6. The Kier molecular flexibility index (Phi) is 4.44. The maximum absolute atomic E-state index is 13.1. The van der Waals surface area contributed by atoms with Gasteiger partial charge in [-0.1, -0.05) is 0 Å². The van der Waals surface area contributed by atoms with E-state index in [4.69, 9.17) is 21.4 Å². The van der Waals surface area contributed by atoms with Crippen LogP contribution in [0.25, 0.3) is 43.6 Å². The lowest BCUT2D eigenvalue weighted by Gasteiger charge is -2.08. The number of benzene rings is 3. The summed E-state index contributed by atoms with van der Waals surface area (Å²) in [6.45, 7) is 0. The van der Waals surface area contributed by atoms with Gasteiger partial charge in [-0.25, -0.2) is 16.8 Å². The van der Waals surface area contributed by atoms with Crippen LogP contribution < -0.4 is 10.9 Å². The van der Waals surface area contributed by atoms with Crippen molar-refractivity contribution < 1.29 is 16.8 Å². The van der Waals surface area contributed by atoms with Crippen molar-refractivity contribution in [3.05, 3.63) is 69.0 Å². The summed E-state index contributed by atoms with van der Waals surface area (Å²) in [6.07, 6.45) is 0. The molecule has 0 radical (unpaired) electrons. The van der Waals surface area contributed by atoms with Gasteiger partial charge in [-0.05, 0) is 48.5 Å². The molecule has 3 aromatic carbocycles. The molecule has 2 heterocycles. The molecule has 0 aliphatic heterocycles. The van der Waals surface area contributed by atoms with Gasteiger partial charge in [0.05, 0.1) is 20.8 Å². The number of aromatic amines is 2. The molecule has 8 nitrogen and oxygen atoms in total. The van der Waals surface area contributed by atoms with Crippen molar-refractivity contribution in [2.24, 2.45) is 0 Å². The van der Waals surface area contributed by atoms with Crippen LogP contribution in [0.5, 0.6) is 0 Å². The third-order valence-corrected chi connectivity index (χ3v) is 7.92. The van der Waals surface area contributed by atoms with E-state index in [2.05, 4.69) is 9.97 Å². The number of halogens is 2. The summed E-state index contributed by atoms with van der Waals surface area (Å²) >= 11 is 0. The van der Waals surface area contributed by atoms with Crippen LogP contribution in [0.1, 0.15) is 0 Å². The van der Waals surface area contributed by atoms with Gasteiger partial charge in [0.2, 0.25) is 0 Å². The molecule has 0 fully saturated rings. The molecule has 0 aliphatic carbocycles. The van der Waals surface area contributed by atoms with Crippen LogP contribution in [0.3, 0.4) is 0 Å². The van der Waals surface area contributed by atoms with Crippen molar-refractivity contribution in [3.8, 4) is 0 Å². The average Bonchev–Trinajstić information content (AvgIpc) is 2.71. The van der Waals surface area contributed by atoms with Gasteiger partial charge in [-0.2, -0.15) is 0 Å². The van der Waals surface area contributed by atoms with Crippen molar-refractivity contribution in [3.63, 3.8) is 0 Å². The monoisotopic (exact) mass is 508 g/mol. The van der Waals surface area contributed by atoms with E-state index in [0.717, 1.165) is 0 Å². The summed E-state index contributed by atoms with van der Waals surface area (Å²) in [6, 6.07) is 10.7. The fourth-order valence-corrected chi connectivity index (χ4v) is 5.26. The third-order valence-electron chi connectivity index (χ3n) is 5.22. The van der Waals surface area contributed by atoms with Gasteiger partial charge in [0.25, 0.3) is 18.1 Å². The fraction of sp³-hybridized carbons (Fsp3) is 0. The van der Waals surface area contributed by atoms with E-state index in [1.165, 1.54) is 48.5 Å². The molecule has 0 unspecified atom stereocenters. The van der Waals surface area contributed by atoms with E-state index in [0.29, 0.717) is 22.1 Å². The largest absolute Gasteiger partial charge is 0.354 e. The Hall–Kier alpha value is -2.92. The second-order valence-electron chi connectivity index (χ2n) is 7.14. The van der Waals surface area contributed by atoms with Crippen LogP contribution in [-0.4, -0.2) is 26.8 Å². The van der Waals surface area contributed by atoms with Crippen molar-refractivity contribution in [2.75, 3.05) is 0 Å². The average molecular weight is 509 g/mol. The molecule has 5 rings (SSSR count). The van der Waals surface area contributed by atoms with Crippen LogP contribution in [-0.2, 0) is 18.1 Å². The molecule has 162 valence electrons. The smallest absolute Gasteiger partial charge is 0.261 e. The first-order valence-electron chi connectivity index (χ1n) is 8.92. The molecule has 0 amide bonds. The number of pyridine rings is 2. The lowest BCUT2D eigenvalue weighted by Crippen LogP contribution is -2.09. The van der Waals surface area contributed by atoms with Crippen molar-refractivity contribution >= 4 is 83.1 Å². The van der Waals surface area contributed by atoms with Crippen LogP contribution >= 0.6 is 21.4 Å². The maximum atomic E-state index is 13.1. The van der Waals surface area contributed by atoms with Gasteiger partial charge in [-0.3, -0.25) is 9.59 Å². The molecule has 2 aromatic heterocycles. The molecule has 0 saturated heterocycles. The zero-order valence-corrected chi connectivity index (χ0v) is 18.8. The molecule has 12 heteroatoms. The predicted octanol–water partition coefficient (Wildman–Crippen LogP) is 3.53. The minimum absolute atomic E-state index is 0.124. The van der Waals surface area contributed by atoms with Crippen LogP contribution in [0.4, 0.5) is 0 Å². The Morgan fingerprint density at radius 1 is 0.531 bits per heavy atom. The highest BCUT2D eigenvalue weighted by atomic mass is 35.7. The molecule has 0 saturated carbocycles. The highest BCUT2D eigenvalue weighted by Gasteiger charge is 2.16. The lowest BCUT2D eigenvalue weighted by molar-refractivity contribution is 0.608. The van der Waals surface area contributed by atoms with Crippen molar-refractivity contribution in [1.29, 1.82) is 0 Å².